The molecule has 0 heterocycles. The van der Waals surface area contributed by atoms with E-state index in [1.165, 1.54) is 20.9 Å². The summed E-state index contributed by atoms with van der Waals surface area (Å²) in [5.41, 5.74) is 4.50. The van der Waals surface area contributed by atoms with E-state index in [-0.39, 0.29) is 0 Å². The van der Waals surface area contributed by atoms with E-state index >= 15 is 0 Å². The molecule has 2 amide bonds. The van der Waals surface area contributed by atoms with Gasteiger partial charge in [0.1, 0.15) is 0 Å². The molecule has 2 N–H and O–H groups in total. The second-order valence-corrected chi connectivity index (χ2v) is 1.24. The molecule has 0 spiro atoms. The molecule has 0 aromatic rings. The van der Waals surface area contributed by atoms with Crippen LogP contribution in [0.15, 0.2) is 10.2 Å². The summed E-state index contributed by atoms with van der Waals surface area (Å²) in [4.78, 5) is 19.9. The van der Waals surface area contributed by atoms with Crippen LogP contribution in [0.1, 0.15) is 13.8 Å². The summed E-state index contributed by atoms with van der Waals surface area (Å²) in [5, 5.41) is 5.92. The maximum absolute atomic E-state index is 9.94. The third kappa shape index (κ3) is 15.8. The Hall–Kier alpha value is -1.10. The van der Waals surface area contributed by atoms with Crippen LogP contribution >= 0.6 is 0 Å². The molecule has 10 heavy (non-hydrogen) atoms. The highest BCUT2D eigenvalue weighted by Crippen LogP contribution is 1.76. The standard InChI is InChI=1S/C4H6N2O2.CH5N/c1-3(7)5-6-4(2)8;1-2/h1-2H3;2H2,1H3. The number of rotatable bonds is 0. The van der Waals surface area contributed by atoms with Crippen molar-refractivity contribution in [2.45, 2.75) is 13.8 Å². The lowest BCUT2D eigenvalue weighted by molar-refractivity contribution is -0.120. The van der Waals surface area contributed by atoms with E-state index in [0.29, 0.717) is 0 Å². The molecule has 0 aliphatic rings. The molecule has 0 atom stereocenters. The Kier molecular flexibility index (Phi) is 9.22. The van der Waals surface area contributed by atoms with Crippen LogP contribution in [0.4, 0.5) is 0 Å². The van der Waals surface area contributed by atoms with Crippen LogP contribution in [-0.2, 0) is 9.59 Å². The lowest BCUT2D eigenvalue weighted by Crippen LogP contribution is -1.84. The normalized spacial score (nSPS) is 8.40. The van der Waals surface area contributed by atoms with Gasteiger partial charge in [-0.3, -0.25) is 9.59 Å². The van der Waals surface area contributed by atoms with E-state index in [1.807, 2.05) is 0 Å². The van der Waals surface area contributed by atoms with Crippen LogP contribution in [0.5, 0.6) is 0 Å². The molecule has 0 bridgehead atoms. The monoisotopic (exact) mass is 145 g/mol. The van der Waals surface area contributed by atoms with Crippen LogP contribution in [0.25, 0.3) is 0 Å². The largest absolute Gasteiger partial charge is 0.333 e. The first kappa shape index (κ1) is 11.7. The minimum absolute atomic E-state index is 0.458. The zero-order valence-electron chi connectivity index (χ0n) is 6.29. The molecule has 0 aliphatic carbocycles. The molecular formula is C5H11N3O2. The van der Waals surface area contributed by atoms with Crippen molar-refractivity contribution >= 4 is 11.8 Å². The molecule has 0 aliphatic heterocycles. The summed E-state index contributed by atoms with van der Waals surface area (Å²) in [6.07, 6.45) is 0. The number of carbonyl (C=O) groups excluding carboxylic acids is 2. The lowest BCUT2D eigenvalue weighted by atomic mass is 10.7. The van der Waals surface area contributed by atoms with Gasteiger partial charge in [-0.05, 0) is 7.05 Å². The van der Waals surface area contributed by atoms with Crippen molar-refractivity contribution in [1.29, 1.82) is 0 Å². The highest BCUT2D eigenvalue weighted by Gasteiger charge is 1.85. The van der Waals surface area contributed by atoms with Crippen molar-refractivity contribution in [3.63, 3.8) is 0 Å². The number of hydrogen-bond acceptors (Lipinski definition) is 3. The first-order valence-corrected chi connectivity index (χ1v) is 2.63. The van der Waals surface area contributed by atoms with Gasteiger partial charge in [-0.15, -0.1) is 10.2 Å². The molecule has 0 saturated heterocycles. The first-order valence-electron chi connectivity index (χ1n) is 2.63. The van der Waals surface area contributed by atoms with Gasteiger partial charge in [-0.1, -0.05) is 0 Å². The van der Waals surface area contributed by atoms with Gasteiger partial charge in [-0.25, -0.2) is 0 Å². The lowest BCUT2D eigenvalue weighted by Gasteiger charge is -1.74. The summed E-state index contributed by atoms with van der Waals surface area (Å²) in [7, 11) is 1.50. The van der Waals surface area contributed by atoms with Crippen LogP contribution in [-0.4, -0.2) is 18.9 Å². The van der Waals surface area contributed by atoms with Crippen molar-refractivity contribution in [2.75, 3.05) is 7.05 Å². The summed E-state index contributed by atoms with van der Waals surface area (Å²) in [6, 6.07) is 0. The first-order chi connectivity index (χ1) is 4.63. The minimum atomic E-state index is -0.458. The van der Waals surface area contributed by atoms with Gasteiger partial charge < -0.3 is 5.73 Å². The summed E-state index contributed by atoms with van der Waals surface area (Å²) in [5.74, 6) is -0.916. The Morgan fingerprint density at radius 1 is 1.00 bits per heavy atom. The zero-order valence-corrected chi connectivity index (χ0v) is 6.29. The van der Waals surface area contributed by atoms with Crippen LogP contribution < -0.4 is 5.73 Å². The van der Waals surface area contributed by atoms with Gasteiger partial charge in [-0.2, -0.15) is 0 Å². The fourth-order valence-corrected chi connectivity index (χ4v) is 0.141. The van der Waals surface area contributed by atoms with Crippen molar-refractivity contribution in [1.82, 2.24) is 0 Å². The van der Waals surface area contributed by atoms with E-state index in [9.17, 15) is 9.59 Å². The molecule has 58 valence electrons. The highest BCUT2D eigenvalue weighted by atomic mass is 16.2. The second-order valence-electron chi connectivity index (χ2n) is 1.24. The van der Waals surface area contributed by atoms with Crippen molar-refractivity contribution in [2.24, 2.45) is 16.0 Å². The van der Waals surface area contributed by atoms with Gasteiger partial charge in [0.05, 0.1) is 0 Å². The minimum Gasteiger partial charge on any atom is -0.333 e. The molecule has 5 nitrogen and oxygen atoms in total. The van der Waals surface area contributed by atoms with Crippen molar-refractivity contribution in [3.05, 3.63) is 0 Å². The molecule has 0 saturated carbocycles. The van der Waals surface area contributed by atoms with Crippen LogP contribution in [0.2, 0.25) is 0 Å². The topological polar surface area (TPSA) is 84.9 Å². The average molecular weight is 145 g/mol. The van der Waals surface area contributed by atoms with Gasteiger partial charge in [0.2, 0.25) is 0 Å². The van der Waals surface area contributed by atoms with Gasteiger partial charge in [0.25, 0.3) is 11.8 Å². The Labute approximate surface area is 59.3 Å². The predicted molar refractivity (Wildman–Crippen MR) is 36.3 cm³/mol. The Bertz CT molecular complexity index is 126. The van der Waals surface area contributed by atoms with E-state index in [0.717, 1.165) is 0 Å². The summed E-state index contributed by atoms with van der Waals surface area (Å²) < 4.78 is 0. The van der Waals surface area contributed by atoms with E-state index in [1.54, 1.807) is 0 Å². The Morgan fingerprint density at radius 3 is 1.30 bits per heavy atom. The maximum Gasteiger partial charge on any atom is 0.261 e. The quantitative estimate of drug-likeness (QED) is 0.491. The van der Waals surface area contributed by atoms with E-state index in [2.05, 4.69) is 16.0 Å². The number of azo groups is 1. The van der Waals surface area contributed by atoms with E-state index in [4.69, 9.17) is 0 Å². The summed E-state index contributed by atoms with van der Waals surface area (Å²) >= 11 is 0. The van der Waals surface area contributed by atoms with Crippen LogP contribution in [0.3, 0.4) is 0 Å². The molecule has 0 radical (unpaired) electrons. The summed E-state index contributed by atoms with van der Waals surface area (Å²) in [6.45, 7) is 2.46. The molecule has 5 heteroatoms. The van der Waals surface area contributed by atoms with Crippen molar-refractivity contribution in [3.8, 4) is 0 Å². The maximum atomic E-state index is 9.94. The number of nitrogens with zero attached hydrogens (tertiary/aromatic N) is 2. The average Bonchev–Trinajstić information content (AvgIpc) is 1.89. The molecule has 0 aromatic heterocycles. The number of amides is 2. The smallest absolute Gasteiger partial charge is 0.261 e. The Balaban J connectivity index is 0. The second kappa shape index (κ2) is 7.90. The highest BCUT2D eigenvalue weighted by molar-refractivity contribution is 5.78. The molecule has 0 fully saturated rings. The molecule has 0 unspecified atom stereocenters. The fourth-order valence-electron chi connectivity index (χ4n) is 0.141. The Morgan fingerprint density at radius 2 is 1.20 bits per heavy atom. The zero-order chi connectivity index (χ0) is 8.57. The molecule has 0 aromatic carbocycles. The van der Waals surface area contributed by atoms with E-state index < -0.39 is 11.8 Å². The van der Waals surface area contributed by atoms with Crippen molar-refractivity contribution < 1.29 is 9.59 Å². The molecule has 0 rings (SSSR count). The van der Waals surface area contributed by atoms with Gasteiger partial charge in [0.15, 0.2) is 0 Å². The van der Waals surface area contributed by atoms with Gasteiger partial charge >= 0.3 is 0 Å². The SMILES string of the molecule is CC(=O)N=NC(C)=O.CN. The third-order valence-corrected chi connectivity index (χ3v) is 0.332. The van der Waals surface area contributed by atoms with Crippen LogP contribution in [0, 0.1) is 0 Å². The predicted octanol–water partition coefficient (Wildman–Crippen LogP) is 0.107. The molecular weight excluding hydrogens is 134 g/mol. The number of nitrogens with two attached hydrogens (primary N) is 1. The third-order valence-electron chi connectivity index (χ3n) is 0.332. The fraction of sp³-hybridized carbons (Fsp3) is 0.600. The van der Waals surface area contributed by atoms with Gasteiger partial charge in [0, 0.05) is 13.8 Å². The number of carbonyl (C=O) groups is 2. The number of hydrogen-bond donors (Lipinski definition) is 1.